The van der Waals surface area contributed by atoms with Gasteiger partial charge in [0, 0.05) is 24.2 Å². The maximum Gasteiger partial charge on any atom is 0.310 e. The lowest BCUT2D eigenvalue weighted by Gasteiger charge is -2.29. The largest absolute Gasteiger partial charge is 0.482 e. The molecule has 2 unspecified atom stereocenters. The van der Waals surface area contributed by atoms with Crippen LogP contribution in [-0.4, -0.2) is 30.0 Å². The first kappa shape index (κ1) is 14.3. The van der Waals surface area contributed by atoms with Crippen molar-refractivity contribution >= 4 is 11.6 Å². The number of benzene rings is 1. The molecule has 7 heteroatoms. The summed E-state index contributed by atoms with van der Waals surface area (Å²) in [6, 6.07) is 3.91. The van der Waals surface area contributed by atoms with Crippen molar-refractivity contribution in [1.29, 1.82) is 0 Å². The fraction of sp³-hybridized carbons (Fsp3) is 0.462. The van der Waals surface area contributed by atoms with Gasteiger partial charge in [0.15, 0.2) is 5.75 Å². The number of nitrogens with one attached hydrogen (secondary N) is 1. The highest BCUT2D eigenvalue weighted by Gasteiger charge is 2.26. The van der Waals surface area contributed by atoms with Crippen molar-refractivity contribution < 1.29 is 14.5 Å². The number of amides is 1. The first-order chi connectivity index (χ1) is 9.49. The molecule has 0 aliphatic carbocycles. The zero-order valence-corrected chi connectivity index (χ0v) is 11.2. The van der Waals surface area contributed by atoms with Crippen molar-refractivity contribution in [3.8, 4) is 5.75 Å². The van der Waals surface area contributed by atoms with Gasteiger partial charge in [-0.05, 0) is 24.9 Å². The number of carbonyl (C=O) groups is 1. The SMILES string of the molecule is CC1CCNCC1Oc1cc(C(N)=O)ccc1[N+](=O)[O-]. The average molecular weight is 279 g/mol. The number of nitrogens with zero attached hydrogens (tertiary/aromatic N) is 1. The topological polar surface area (TPSA) is 107 Å². The number of nitro benzene ring substituents is 1. The number of ether oxygens (including phenoxy) is 1. The van der Waals surface area contributed by atoms with E-state index in [1.54, 1.807) is 0 Å². The maximum atomic E-state index is 11.2. The molecule has 0 saturated carbocycles. The van der Waals surface area contributed by atoms with E-state index >= 15 is 0 Å². The molecule has 1 aromatic carbocycles. The minimum absolute atomic E-state index is 0.0897. The molecule has 1 aromatic rings. The first-order valence-corrected chi connectivity index (χ1v) is 6.44. The van der Waals surface area contributed by atoms with Crippen LogP contribution in [0.3, 0.4) is 0 Å². The van der Waals surface area contributed by atoms with Gasteiger partial charge in [0.25, 0.3) is 0 Å². The van der Waals surface area contributed by atoms with E-state index in [1.165, 1.54) is 18.2 Å². The van der Waals surface area contributed by atoms with Crippen LogP contribution in [0.25, 0.3) is 0 Å². The zero-order valence-electron chi connectivity index (χ0n) is 11.2. The van der Waals surface area contributed by atoms with Crippen LogP contribution >= 0.6 is 0 Å². The quantitative estimate of drug-likeness (QED) is 0.633. The van der Waals surface area contributed by atoms with E-state index in [-0.39, 0.29) is 29.0 Å². The van der Waals surface area contributed by atoms with Gasteiger partial charge >= 0.3 is 5.69 Å². The van der Waals surface area contributed by atoms with Crippen molar-refractivity contribution in [3.63, 3.8) is 0 Å². The minimum Gasteiger partial charge on any atom is -0.482 e. The van der Waals surface area contributed by atoms with E-state index in [2.05, 4.69) is 5.32 Å². The summed E-state index contributed by atoms with van der Waals surface area (Å²) in [6.45, 7) is 3.57. The molecule has 2 rings (SSSR count). The second-order valence-electron chi connectivity index (χ2n) is 4.93. The van der Waals surface area contributed by atoms with Crippen molar-refractivity contribution in [2.45, 2.75) is 19.4 Å². The van der Waals surface area contributed by atoms with E-state index < -0.39 is 10.8 Å². The molecule has 0 bridgehead atoms. The Balaban J connectivity index is 2.29. The number of rotatable bonds is 4. The van der Waals surface area contributed by atoms with Crippen molar-refractivity contribution in [1.82, 2.24) is 5.32 Å². The second kappa shape index (κ2) is 5.87. The van der Waals surface area contributed by atoms with Gasteiger partial charge in [-0.2, -0.15) is 0 Å². The summed E-state index contributed by atoms with van der Waals surface area (Å²) in [4.78, 5) is 21.7. The smallest absolute Gasteiger partial charge is 0.310 e. The van der Waals surface area contributed by atoms with Crippen LogP contribution in [0.1, 0.15) is 23.7 Å². The molecular weight excluding hydrogens is 262 g/mol. The van der Waals surface area contributed by atoms with E-state index in [1.807, 2.05) is 6.92 Å². The Bertz CT molecular complexity index is 532. The summed E-state index contributed by atoms with van der Waals surface area (Å²) >= 11 is 0. The third-order valence-corrected chi connectivity index (χ3v) is 3.48. The standard InChI is InChI=1S/C13H17N3O4/c1-8-4-5-15-7-12(8)20-11-6-9(13(14)17)2-3-10(11)16(18)19/h2-3,6,8,12,15H,4-5,7H2,1H3,(H2,14,17). The van der Waals surface area contributed by atoms with Gasteiger partial charge in [0.05, 0.1) is 4.92 Å². The van der Waals surface area contributed by atoms with E-state index in [0.717, 1.165) is 13.0 Å². The number of piperidine rings is 1. The Kier molecular flexibility index (Phi) is 4.19. The van der Waals surface area contributed by atoms with Crippen LogP contribution in [0.4, 0.5) is 5.69 Å². The predicted octanol–water partition coefficient (Wildman–Crippen LogP) is 1.07. The predicted molar refractivity (Wildman–Crippen MR) is 72.7 cm³/mol. The number of carbonyl (C=O) groups excluding carboxylic acids is 1. The molecule has 2 atom stereocenters. The minimum atomic E-state index is -0.639. The summed E-state index contributed by atoms with van der Waals surface area (Å²) in [6.07, 6.45) is 0.777. The molecule has 1 aliphatic heterocycles. The van der Waals surface area contributed by atoms with Crippen molar-refractivity contribution in [3.05, 3.63) is 33.9 Å². The maximum absolute atomic E-state index is 11.2. The van der Waals surface area contributed by atoms with E-state index in [0.29, 0.717) is 6.54 Å². The van der Waals surface area contributed by atoms with Gasteiger partial charge in [-0.3, -0.25) is 14.9 Å². The highest BCUT2D eigenvalue weighted by atomic mass is 16.6. The molecule has 1 amide bonds. The Labute approximate surface area is 116 Å². The number of hydrogen-bond acceptors (Lipinski definition) is 5. The monoisotopic (exact) mass is 279 g/mol. The zero-order chi connectivity index (χ0) is 14.7. The van der Waals surface area contributed by atoms with E-state index in [9.17, 15) is 14.9 Å². The molecule has 1 saturated heterocycles. The van der Waals surface area contributed by atoms with Gasteiger partial charge in [-0.15, -0.1) is 0 Å². The van der Waals surface area contributed by atoms with Gasteiger partial charge in [-0.1, -0.05) is 6.92 Å². The van der Waals surface area contributed by atoms with Gasteiger partial charge < -0.3 is 15.8 Å². The van der Waals surface area contributed by atoms with Crippen LogP contribution < -0.4 is 15.8 Å². The van der Waals surface area contributed by atoms with Gasteiger partial charge in [-0.25, -0.2) is 0 Å². The molecular formula is C13H17N3O4. The third kappa shape index (κ3) is 3.05. The first-order valence-electron chi connectivity index (χ1n) is 6.44. The van der Waals surface area contributed by atoms with Crippen LogP contribution in [-0.2, 0) is 0 Å². The van der Waals surface area contributed by atoms with Crippen molar-refractivity contribution in [2.75, 3.05) is 13.1 Å². The molecule has 1 heterocycles. The lowest BCUT2D eigenvalue weighted by atomic mass is 9.97. The summed E-state index contributed by atoms with van der Waals surface area (Å²) in [5, 5.41) is 14.2. The molecule has 108 valence electrons. The number of hydrogen-bond donors (Lipinski definition) is 2. The summed E-state index contributed by atoms with van der Waals surface area (Å²) < 4.78 is 5.74. The molecule has 20 heavy (non-hydrogen) atoms. The molecule has 1 fully saturated rings. The number of primary amides is 1. The number of nitrogens with two attached hydrogens (primary N) is 1. The van der Waals surface area contributed by atoms with Crippen LogP contribution in [0.15, 0.2) is 18.2 Å². The molecule has 3 N–H and O–H groups in total. The summed E-state index contributed by atoms with van der Waals surface area (Å²) in [5.74, 6) is -0.264. The summed E-state index contributed by atoms with van der Waals surface area (Å²) in [5.41, 5.74) is 5.23. The fourth-order valence-electron chi connectivity index (χ4n) is 2.19. The van der Waals surface area contributed by atoms with Crippen LogP contribution in [0.2, 0.25) is 0 Å². The lowest BCUT2D eigenvalue weighted by Crippen LogP contribution is -2.42. The Morgan fingerprint density at radius 3 is 2.90 bits per heavy atom. The van der Waals surface area contributed by atoms with Gasteiger partial charge in [0.1, 0.15) is 6.10 Å². The molecule has 0 aromatic heterocycles. The molecule has 0 spiro atoms. The Morgan fingerprint density at radius 2 is 2.30 bits per heavy atom. The van der Waals surface area contributed by atoms with Crippen LogP contribution in [0.5, 0.6) is 5.75 Å². The Morgan fingerprint density at radius 1 is 1.55 bits per heavy atom. The molecule has 0 radical (unpaired) electrons. The van der Waals surface area contributed by atoms with Gasteiger partial charge in [0.2, 0.25) is 5.91 Å². The average Bonchev–Trinajstić information content (AvgIpc) is 2.41. The third-order valence-electron chi connectivity index (χ3n) is 3.48. The van der Waals surface area contributed by atoms with Crippen molar-refractivity contribution in [2.24, 2.45) is 11.7 Å². The fourth-order valence-corrected chi connectivity index (χ4v) is 2.19. The summed E-state index contributed by atoms with van der Waals surface area (Å²) in [7, 11) is 0. The lowest BCUT2D eigenvalue weighted by molar-refractivity contribution is -0.386. The van der Waals surface area contributed by atoms with E-state index in [4.69, 9.17) is 10.5 Å². The highest BCUT2D eigenvalue weighted by Crippen LogP contribution is 2.30. The molecule has 1 aliphatic rings. The normalized spacial score (nSPS) is 22.2. The molecule has 7 nitrogen and oxygen atoms in total. The van der Waals surface area contributed by atoms with Crippen LogP contribution in [0, 0.1) is 16.0 Å². The highest BCUT2D eigenvalue weighted by molar-refractivity contribution is 5.93. The second-order valence-corrected chi connectivity index (χ2v) is 4.93. The Hall–Kier alpha value is -2.15. The number of nitro groups is 1.